The summed E-state index contributed by atoms with van der Waals surface area (Å²) in [6, 6.07) is 5.71. The highest BCUT2D eigenvalue weighted by Gasteiger charge is 2.05. The van der Waals surface area contributed by atoms with E-state index in [4.69, 9.17) is 16.7 Å². The zero-order valence-electron chi connectivity index (χ0n) is 6.50. The van der Waals surface area contributed by atoms with Crippen molar-refractivity contribution in [3.63, 3.8) is 0 Å². The molecule has 1 aromatic carbocycles. The Kier molecular flexibility index (Phi) is 3.03. The van der Waals surface area contributed by atoms with E-state index >= 15 is 0 Å². The Labute approximate surface area is 79.3 Å². The summed E-state index contributed by atoms with van der Waals surface area (Å²) in [5, 5.41) is 8.23. The standard InChI is InChI=1S/C9H6ClFO2/c10-7(5-9(12)13)6-3-1-2-4-8(6)11/h1-5H,(H,12,13)/b7-5+. The van der Waals surface area contributed by atoms with Crippen molar-refractivity contribution in [1.82, 2.24) is 0 Å². The second-order valence-electron chi connectivity index (χ2n) is 2.31. The summed E-state index contributed by atoms with van der Waals surface area (Å²) < 4.78 is 13.0. The van der Waals surface area contributed by atoms with Gasteiger partial charge in [-0.15, -0.1) is 0 Å². The molecule has 4 heteroatoms. The van der Waals surface area contributed by atoms with Crippen molar-refractivity contribution in [3.8, 4) is 0 Å². The van der Waals surface area contributed by atoms with Crippen LogP contribution < -0.4 is 0 Å². The zero-order chi connectivity index (χ0) is 9.84. The van der Waals surface area contributed by atoms with Gasteiger partial charge in [-0.3, -0.25) is 0 Å². The van der Waals surface area contributed by atoms with Crippen LogP contribution in [0, 0.1) is 5.82 Å². The normalized spacial score (nSPS) is 11.4. The fourth-order valence-corrected chi connectivity index (χ4v) is 1.09. The van der Waals surface area contributed by atoms with E-state index < -0.39 is 11.8 Å². The molecule has 0 fully saturated rings. The van der Waals surface area contributed by atoms with Gasteiger partial charge in [-0.2, -0.15) is 0 Å². The minimum atomic E-state index is -1.20. The first-order valence-corrected chi connectivity index (χ1v) is 3.84. The van der Waals surface area contributed by atoms with Gasteiger partial charge < -0.3 is 5.11 Å². The average Bonchev–Trinajstić information content (AvgIpc) is 2.03. The highest BCUT2D eigenvalue weighted by Crippen LogP contribution is 2.21. The average molecular weight is 201 g/mol. The van der Waals surface area contributed by atoms with Gasteiger partial charge in [0.05, 0.1) is 5.03 Å². The monoisotopic (exact) mass is 200 g/mol. The van der Waals surface area contributed by atoms with Crippen molar-refractivity contribution in [3.05, 3.63) is 41.7 Å². The molecule has 0 aliphatic heterocycles. The van der Waals surface area contributed by atoms with E-state index in [2.05, 4.69) is 0 Å². The van der Waals surface area contributed by atoms with E-state index in [0.29, 0.717) is 0 Å². The number of hydrogen-bond acceptors (Lipinski definition) is 1. The van der Waals surface area contributed by atoms with Crippen LogP contribution in [0.4, 0.5) is 4.39 Å². The van der Waals surface area contributed by atoms with Crippen molar-refractivity contribution >= 4 is 22.6 Å². The smallest absolute Gasteiger partial charge is 0.329 e. The lowest BCUT2D eigenvalue weighted by atomic mass is 10.2. The molecule has 0 heterocycles. The van der Waals surface area contributed by atoms with E-state index in [1.165, 1.54) is 18.2 Å². The summed E-state index contributed by atoms with van der Waals surface area (Å²) in [5.74, 6) is -1.74. The Morgan fingerprint density at radius 1 is 1.46 bits per heavy atom. The molecular weight excluding hydrogens is 195 g/mol. The number of carboxylic acids is 1. The minimum Gasteiger partial charge on any atom is -0.478 e. The maximum absolute atomic E-state index is 13.0. The van der Waals surface area contributed by atoms with Gasteiger partial charge >= 0.3 is 5.97 Å². The van der Waals surface area contributed by atoms with Crippen molar-refractivity contribution in [2.75, 3.05) is 0 Å². The van der Waals surface area contributed by atoms with Gasteiger partial charge in [0.25, 0.3) is 0 Å². The third-order valence-corrected chi connectivity index (χ3v) is 1.69. The van der Waals surface area contributed by atoms with Crippen LogP contribution in [0.1, 0.15) is 5.56 Å². The maximum atomic E-state index is 13.0. The molecule has 0 aliphatic carbocycles. The van der Waals surface area contributed by atoms with Crippen molar-refractivity contribution < 1.29 is 14.3 Å². The lowest BCUT2D eigenvalue weighted by Gasteiger charge is -1.98. The Morgan fingerprint density at radius 3 is 2.62 bits per heavy atom. The van der Waals surface area contributed by atoms with Crippen LogP contribution in [-0.2, 0) is 4.79 Å². The first-order chi connectivity index (χ1) is 6.11. The second-order valence-corrected chi connectivity index (χ2v) is 2.72. The molecular formula is C9H6ClFO2. The molecule has 1 rings (SSSR count). The lowest BCUT2D eigenvalue weighted by Crippen LogP contribution is -1.90. The predicted octanol–water partition coefficient (Wildman–Crippen LogP) is 2.49. The van der Waals surface area contributed by atoms with Gasteiger partial charge in [-0.1, -0.05) is 29.8 Å². The highest BCUT2D eigenvalue weighted by atomic mass is 35.5. The molecule has 0 saturated carbocycles. The molecule has 0 radical (unpaired) electrons. The molecule has 0 atom stereocenters. The summed E-state index contributed by atoms with van der Waals surface area (Å²) in [4.78, 5) is 10.2. The summed E-state index contributed by atoms with van der Waals surface area (Å²) in [7, 11) is 0. The Balaban J connectivity index is 3.08. The first-order valence-electron chi connectivity index (χ1n) is 3.46. The summed E-state index contributed by atoms with van der Waals surface area (Å²) in [6.07, 6.45) is 0.750. The molecule has 13 heavy (non-hydrogen) atoms. The zero-order valence-corrected chi connectivity index (χ0v) is 7.25. The van der Waals surface area contributed by atoms with Crippen molar-refractivity contribution in [2.24, 2.45) is 0 Å². The molecule has 1 aromatic rings. The number of halogens is 2. The molecule has 0 spiro atoms. The highest BCUT2D eigenvalue weighted by molar-refractivity contribution is 6.50. The number of rotatable bonds is 2. The third-order valence-electron chi connectivity index (χ3n) is 1.38. The molecule has 0 unspecified atom stereocenters. The van der Waals surface area contributed by atoms with Crippen molar-refractivity contribution in [1.29, 1.82) is 0 Å². The first kappa shape index (κ1) is 9.74. The van der Waals surface area contributed by atoms with Gasteiger partial charge in [0.2, 0.25) is 0 Å². The van der Waals surface area contributed by atoms with Crippen LogP contribution in [0.25, 0.3) is 5.03 Å². The molecule has 0 bridgehead atoms. The third kappa shape index (κ3) is 2.56. The second kappa shape index (κ2) is 4.05. The van der Waals surface area contributed by atoms with E-state index in [0.717, 1.165) is 6.08 Å². The topological polar surface area (TPSA) is 37.3 Å². The quantitative estimate of drug-likeness (QED) is 0.745. The number of carboxylic acid groups (broad SMARTS) is 1. The van der Waals surface area contributed by atoms with Crippen LogP contribution in [-0.4, -0.2) is 11.1 Å². The summed E-state index contributed by atoms with van der Waals surface area (Å²) in [5.41, 5.74) is 0.0894. The molecule has 0 amide bonds. The van der Waals surface area contributed by atoms with Gasteiger partial charge in [0.1, 0.15) is 5.82 Å². The fraction of sp³-hybridized carbons (Fsp3) is 0. The van der Waals surface area contributed by atoms with Crippen LogP contribution in [0.5, 0.6) is 0 Å². The number of carbonyl (C=O) groups is 1. The van der Waals surface area contributed by atoms with Crippen LogP contribution >= 0.6 is 11.6 Å². The summed E-state index contributed by atoms with van der Waals surface area (Å²) in [6.45, 7) is 0. The SMILES string of the molecule is O=C(O)/C=C(/Cl)c1ccccc1F. The molecule has 0 aromatic heterocycles. The van der Waals surface area contributed by atoms with Crippen molar-refractivity contribution in [2.45, 2.75) is 0 Å². The largest absolute Gasteiger partial charge is 0.478 e. The number of aliphatic carboxylic acids is 1. The van der Waals surface area contributed by atoms with E-state index in [1.807, 2.05) is 0 Å². The molecule has 68 valence electrons. The Hall–Kier alpha value is -1.35. The number of hydrogen-bond donors (Lipinski definition) is 1. The van der Waals surface area contributed by atoms with Crippen LogP contribution in [0.15, 0.2) is 30.3 Å². The van der Waals surface area contributed by atoms with E-state index in [-0.39, 0.29) is 10.6 Å². The number of benzene rings is 1. The minimum absolute atomic E-state index is 0.0894. The van der Waals surface area contributed by atoms with Gasteiger partial charge in [-0.05, 0) is 6.07 Å². The predicted molar refractivity (Wildman–Crippen MR) is 47.9 cm³/mol. The Morgan fingerprint density at radius 2 is 2.08 bits per heavy atom. The van der Waals surface area contributed by atoms with Crippen LogP contribution in [0.2, 0.25) is 0 Å². The lowest BCUT2D eigenvalue weighted by molar-refractivity contribution is -0.131. The Bertz CT molecular complexity index is 360. The maximum Gasteiger partial charge on any atom is 0.329 e. The fourth-order valence-electron chi connectivity index (χ4n) is 0.841. The molecule has 2 nitrogen and oxygen atoms in total. The van der Waals surface area contributed by atoms with Gasteiger partial charge in [-0.25, -0.2) is 9.18 Å². The summed E-state index contributed by atoms with van der Waals surface area (Å²) >= 11 is 5.55. The van der Waals surface area contributed by atoms with Gasteiger partial charge in [0.15, 0.2) is 0 Å². The molecule has 1 N–H and O–H groups in total. The van der Waals surface area contributed by atoms with Gasteiger partial charge in [0, 0.05) is 11.6 Å². The van der Waals surface area contributed by atoms with Crippen LogP contribution in [0.3, 0.4) is 0 Å². The molecule has 0 aliphatic rings. The molecule has 0 saturated heterocycles. The van der Waals surface area contributed by atoms with E-state index in [1.54, 1.807) is 6.07 Å². The van der Waals surface area contributed by atoms with E-state index in [9.17, 15) is 9.18 Å².